The van der Waals surface area contributed by atoms with E-state index in [0.717, 1.165) is 24.1 Å². The van der Waals surface area contributed by atoms with Crippen molar-refractivity contribution < 1.29 is 4.42 Å². The van der Waals surface area contributed by atoms with Crippen LogP contribution < -0.4 is 5.32 Å². The summed E-state index contributed by atoms with van der Waals surface area (Å²) >= 11 is 6.22. The molecule has 0 amide bonds. The highest BCUT2D eigenvalue weighted by molar-refractivity contribution is 6.33. The van der Waals surface area contributed by atoms with Gasteiger partial charge < -0.3 is 9.73 Å². The van der Waals surface area contributed by atoms with E-state index < -0.39 is 0 Å². The van der Waals surface area contributed by atoms with Gasteiger partial charge in [0, 0.05) is 0 Å². The molecule has 4 nitrogen and oxygen atoms in total. The molecule has 0 aliphatic heterocycles. The predicted octanol–water partition coefficient (Wildman–Crippen LogP) is 3.20. The normalized spacial score (nSPS) is 10.8. The van der Waals surface area contributed by atoms with Gasteiger partial charge in [0.05, 0.1) is 17.1 Å². The van der Waals surface area contributed by atoms with Crippen molar-refractivity contribution in [1.29, 1.82) is 0 Å². The monoisotopic (exact) mass is 265 g/mol. The highest BCUT2D eigenvalue weighted by Gasteiger charge is 2.12. The zero-order chi connectivity index (χ0) is 13.0. The molecule has 2 rings (SSSR count). The molecule has 1 N–H and O–H groups in total. The third kappa shape index (κ3) is 2.89. The molecular weight excluding hydrogens is 250 g/mol. The van der Waals surface area contributed by atoms with Crippen molar-refractivity contribution in [3.63, 3.8) is 0 Å². The first-order chi connectivity index (χ1) is 8.72. The Morgan fingerprint density at radius 1 is 1.33 bits per heavy atom. The number of nitrogens with one attached hydrogen (secondary N) is 1. The molecule has 1 aromatic heterocycles. The summed E-state index contributed by atoms with van der Waals surface area (Å²) in [6.45, 7) is 5.58. The van der Waals surface area contributed by atoms with Gasteiger partial charge >= 0.3 is 0 Å². The first kappa shape index (κ1) is 13.1. The maximum absolute atomic E-state index is 6.22. The Kier molecular flexibility index (Phi) is 4.33. The summed E-state index contributed by atoms with van der Waals surface area (Å²) in [7, 11) is 0. The topological polar surface area (TPSA) is 51.0 Å². The van der Waals surface area contributed by atoms with Crippen molar-refractivity contribution in [3.8, 4) is 11.5 Å². The van der Waals surface area contributed by atoms with E-state index in [1.807, 2.05) is 25.1 Å². The molecule has 18 heavy (non-hydrogen) atoms. The molecular formula is C13H16ClN3O. The van der Waals surface area contributed by atoms with Crippen molar-refractivity contribution in [2.45, 2.75) is 26.8 Å². The second-order valence-electron chi connectivity index (χ2n) is 4.11. The van der Waals surface area contributed by atoms with E-state index in [2.05, 4.69) is 22.4 Å². The number of nitrogens with zero attached hydrogens (tertiary/aromatic N) is 2. The van der Waals surface area contributed by atoms with Crippen LogP contribution in [0.5, 0.6) is 0 Å². The summed E-state index contributed by atoms with van der Waals surface area (Å²) in [5.41, 5.74) is 1.78. The van der Waals surface area contributed by atoms with Crippen LogP contribution in [0.15, 0.2) is 22.6 Å². The second kappa shape index (κ2) is 5.98. The van der Waals surface area contributed by atoms with Crippen LogP contribution in [0, 0.1) is 6.92 Å². The Labute approximate surface area is 111 Å². The molecule has 0 aliphatic carbocycles. The fourth-order valence-electron chi connectivity index (χ4n) is 1.62. The van der Waals surface area contributed by atoms with Crippen molar-refractivity contribution in [1.82, 2.24) is 15.5 Å². The lowest BCUT2D eigenvalue weighted by atomic mass is 10.1. The van der Waals surface area contributed by atoms with Gasteiger partial charge in [0.25, 0.3) is 0 Å². The Morgan fingerprint density at radius 3 is 2.94 bits per heavy atom. The number of hydrogen-bond donors (Lipinski definition) is 1. The first-order valence-corrected chi connectivity index (χ1v) is 6.38. The molecule has 0 unspecified atom stereocenters. The quantitative estimate of drug-likeness (QED) is 0.844. The largest absolute Gasteiger partial charge is 0.419 e. The smallest absolute Gasteiger partial charge is 0.249 e. The number of hydrogen-bond acceptors (Lipinski definition) is 4. The average Bonchev–Trinajstić information content (AvgIpc) is 2.82. The first-order valence-electron chi connectivity index (χ1n) is 6.01. The highest BCUT2D eigenvalue weighted by Crippen LogP contribution is 2.29. The van der Waals surface area contributed by atoms with Crippen molar-refractivity contribution >= 4 is 11.6 Å². The van der Waals surface area contributed by atoms with E-state index in [4.69, 9.17) is 16.0 Å². The Hall–Kier alpha value is -1.39. The molecule has 0 saturated heterocycles. The van der Waals surface area contributed by atoms with Gasteiger partial charge in [-0.25, -0.2) is 0 Å². The molecule has 0 aliphatic rings. The fraction of sp³-hybridized carbons (Fsp3) is 0.385. The van der Waals surface area contributed by atoms with Gasteiger partial charge in [-0.2, -0.15) is 0 Å². The minimum atomic E-state index is 0.469. The van der Waals surface area contributed by atoms with Crippen LogP contribution in [0.3, 0.4) is 0 Å². The van der Waals surface area contributed by atoms with Gasteiger partial charge in [0.2, 0.25) is 11.8 Å². The molecule has 96 valence electrons. The van der Waals surface area contributed by atoms with Crippen LogP contribution in [0.2, 0.25) is 5.02 Å². The predicted molar refractivity (Wildman–Crippen MR) is 71.5 cm³/mol. The number of benzene rings is 1. The number of aromatic nitrogens is 2. The third-order valence-corrected chi connectivity index (χ3v) is 3.09. The SMILES string of the molecule is CCCNCc1nnc(-c2cccc(C)c2Cl)o1. The van der Waals surface area contributed by atoms with Crippen LogP contribution in [0.25, 0.3) is 11.5 Å². The Balaban J connectivity index is 2.16. The van der Waals surface area contributed by atoms with Crippen LogP contribution in [-0.4, -0.2) is 16.7 Å². The van der Waals surface area contributed by atoms with Gasteiger partial charge in [0.1, 0.15) is 0 Å². The minimum absolute atomic E-state index is 0.469. The van der Waals surface area contributed by atoms with Crippen molar-refractivity contribution in [3.05, 3.63) is 34.7 Å². The molecule has 0 spiro atoms. The standard InChI is InChI=1S/C13H16ClN3O/c1-3-7-15-8-11-16-17-13(18-11)10-6-4-5-9(2)12(10)14/h4-6,15H,3,7-8H2,1-2H3. The summed E-state index contributed by atoms with van der Waals surface area (Å²) in [5.74, 6) is 1.05. The summed E-state index contributed by atoms with van der Waals surface area (Å²) < 4.78 is 5.58. The van der Waals surface area contributed by atoms with Gasteiger partial charge in [-0.15, -0.1) is 10.2 Å². The lowest BCUT2D eigenvalue weighted by Gasteiger charge is -2.01. The van der Waals surface area contributed by atoms with Crippen LogP contribution >= 0.6 is 11.6 Å². The molecule has 1 heterocycles. The molecule has 1 aromatic carbocycles. The number of halogens is 1. The lowest BCUT2D eigenvalue weighted by Crippen LogP contribution is -2.13. The van der Waals surface area contributed by atoms with Gasteiger partial charge in [-0.3, -0.25) is 0 Å². The summed E-state index contributed by atoms with van der Waals surface area (Å²) in [5, 5.41) is 11.9. The zero-order valence-corrected chi connectivity index (χ0v) is 11.3. The van der Waals surface area contributed by atoms with Crippen LogP contribution in [0.4, 0.5) is 0 Å². The van der Waals surface area contributed by atoms with E-state index in [-0.39, 0.29) is 0 Å². The third-order valence-electron chi connectivity index (χ3n) is 2.59. The molecule has 0 radical (unpaired) electrons. The molecule has 0 saturated carbocycles. The maximum Gasteiger partial charge on any atom is 0.249 e. The lowest BCUT2D eigenvalue weighted by molar-refractivity contribution is 0.477. The van der Waals surface area contributed by atoms with Gasteiger partial charge in [0.15, 0.2) is 0 Å². The van der Waals surface area contributed by atoms with E-state index >= 15 is 0 Å². The van der Waals surface area contributed by atoms with Gasteiger partial charge in [-0.1, -0.05) is 30.7 Å². The van der Waals surface area contributed by atoms with Crippen molar-refractivity contribution in [2.24, 2.45) is 0 Å². The summed E-state index contributed by atoms with van der Waals surface area (Å²) in [6, 6.07) is 5.76. The van der Waals surface area contributed by atoms with E-state index in [9.17, 15) is 0 Å². The van der Waals surface area contributed by atoms with Crippen LogP contribution in [-0.2, 0) is 6.54 Å². The fourth-order valence-corrected chi connectivity index (χ4v) is 1.83. The Morgan fingerprint density at radius 2 is 2.17 bits per heavy atom. The number of rotatable bonds is 5. The van der Waals surface area contributed by atoms with E-state index in [0.29, 0.717) is 23.3 Å². The summed E-state index contributed by atoms with van der Waals surface area (Å²) in [6.07, 6.45) is 1.07. The maximum atomic E-state index is 6.22. The second-order valence-corrected chi connectivity index (χ2v) is 4.49. The molecule has 0 atom stereocenters. The molecule has 5 heteroatoms. The molecule has 0 bridgehead atoms. The minimum Gasteiger partial charge on any atom is -0.419 e. The number of aryl methyl sites for hydroxylation is 1. The van der Waals surface area contributed by atoms with Gasteiger partial charge in [-0.05, 0) is 31.5 Å². The molecule has 2 aromatic rings. The molecule has 0 fully saturated rings. The van der Waals surface area contributed by atoms with E-state index in [1.54, 1.807) is 0 Å². The average molecular weight is 266 g/mol. The Bertz CT molecular complexity index is 525. The van der Waals surface area contributed by atoms with Crippen LogP contribution in [0.1, 0.15) is 24.8 Å². The summed E-state index contributed by atoms with van der Waals surface area (Å²) in [4.78, 5) is 0. The van der Waals surface area contributed by atoms with E-state index in [1.165, 1.54) is 0 Å². The highest BCUT2D eigenvalue weighted by atomic mass is 35.5. The zero-order valence-electron chi connectivity index (χ0n) is 10.5. The van der Waals surface area contributed by atoms with Crippen molar-refractivity contribution in [2.75, 3.05) is 6.54 Å².